The van der Waals surface area contributed by atoms with E-state index in [1.807, 2.05) is 0 Å². The number of rotatable bonds is 9. The lowest BCUT2D eigenvalue weighted by molar-refractivity contribution is -0.161. The molecule has 0 aromatic heterocycles. The summed E-state index contributed by atoms with van der Waals surface area (Å²) in [6, 6.07) is 4.24. The molecule has 4 N–H and O–H groups in total. The van der Waals surface area contributed by atoms with Gasteiger partial charge in [-0.25, -0.2) is 4.79 Å². The fourth-order valence-electron chi connectivity index (χ4n) is 2.94. The van der Waals surface area contributed by atoms with Crippen LogP contribution in [0.1, 0.15) is 18.4 Å². The number of amides is 2. The topological polar surface area (TPSA) is 110 Å². The highest BCUT2D eigenvalue weighted by Crippen LogP contribution is 2.35. The fourth-order valence-corrected chi connectivity index (χ4v) is 3.24. The lowest BCUT2D eigenvalue weighted by Crippen LogP contribution is -2.51. The van der Waals surface area contributed by atoms with Crippen molar-refractivity contribution in [2.45, 2.75) is 30.5 Å². The highest BCUT2D eigenvalue weighted by atomic mass is 35.5. The zero-order valence-electron chi connectivity index (χ0n) is 15.3. The lowest BCUT2D eigenvalue weighted by atomic mass is 9.75. The second-order valence-electron chi connectivity index (χ2n) is 6.65. The van der Waals surface area contributed by atoms with Crippen LogP contribution in [-0.2, 0) is 10.2 Å². The molecule has 1 aromatic carbocycles. The molecule has 0 radical (unpaired) electrons. The first kappa shape index (κ1) is 25.3. The number of hydrogen-bond acceptors (Lipinski definition) is 4. The van der Waals surface area contributed by atoms with E-state index in [1.165, 1.54) is 18.2 Å². The van der Waals surface area contributed by atoms with Crippen molar-refractivity contribution in [3.63, 3.8) is 0 Å². The Labute approximate surface area is 175 Å². The van der Waals surface area contributed by atoms with Gasteiger partial charge in [-0.05, 0) is 24.1 Å². The number of nitrogens with zero attached hydrogens (tertiary/aromatic N) is 1. The van der Waals surface area contributed by atoms with Crippen LogP contribution in [0.15, 0.2) is 18.2 Å². The van der Waals surface area contributed by atoms with Crippen LogP contribution in [0, 0.1) is 0 Å². The van der Waals surface area contributed by atoms with Crippen LogP contribution < -0.4 is 5.32 Å². The van der Waals surface area contributed by atoms with Crippen molar-refractivity contribution >= 4 is 35.2 Å². The molecule has 0 aliphatic heterocycles. The van der Waals surface area contributed by atoms with E-state index < -0.39 is 49.3 Å². The number of carbonyl (C=O) groups excluding carboxylic acids is 1. The Morgan fingerprint density at radius 3 is 2.34 bits per heavy atom. The van der Waals surface area contributed by atoms with Gasteiger partial charge in [-0.15, -0.1) is 0 Å². The van der Waals surface area contributed by atoms with Crippen molar-refractivity contribution in [1.29, 1.82) is 0 Å². The van der Waals surface area contributed by atoms with Gasteiger partial charge in [-0.2, -0.15) is 13.2 Å². The number of nitrogens with one attached hydrogen (secondary N) is 1. The van der Waals surface area contributed by atoms with E-state index >= 15 is 0 Å². The van der Waals surface area contributed by atoms with E-state index in [4.69, 9.17) is 28.3 Å². The zero-order chi connectivity index (χ0) is 22.4. The number of carboxylic acid groups (broad SMARTS) is 1. The van der Waals surface area contributed by atoms with E-state index in [0.717, 1.165) is 11.9 Å². The Morgan fingerprint density at radius 1 is 1.24 bits per heavy atom. The third-order valence-electron chi connectivity index (χ3n) is 4.26. The third-order valence-corrected chi connectivity index (χ3v) is 5.00. The van der Waals surface area contributed by atoms with E-state index in [2.05, 4.69) is 5.32 Å². The molecule has 1 aromatic rings. The van der Waals surface area contributed by atoms with Gasteiger partial charge in [-0.3, -0.25) is 4.79 Å². The molecule has 164 valence electrons. The third kappa shape index (κ3) is 7.88. The molecule has 0 saturated carbocycles. The normalized spacial score (nSPS) is 14.8. The smallest absolute Gasteiger partial charge is 0.404 e. The average Bonchev–Trinajstić information content (AvgIpc) is 2.60. The fraction of sp³-hybridized carbons (Fsp3) is 0.529. The Hall–Kier alpha value is -1.75. The van der Waals surface area contributed by atoms with Crippen LogP contribution >= 0.6 is 23.2 Å². The van der Waals surface area contributed by atoms with Gasteiger partial charge < -0.3 is 25.5 Å². The number of likely N-dealkylation sites (N-methyl/N-ethyl adjacent to an activating group) is 1. The molecule has 0 fully saturated rings. The molecule has 0 aliphatic rings. The molecule has 29 heavy (non-hydrogen) atoms. The number of aliphatic hydroxyl groups is 2. The minimum Gasteiger partial charge on any atom is -0.465 e. The number of carbonyl (C=O) groups is 2. The van der Waals surface area contributed by atoms with E-state index in [9.17, 15) is 33.0 Å². The molecule has 0 bridgehead atoms. The average molecular weight is 461 g/mol. The molecule has 0 saturated heterocycles. The standard InChI is InChI=1S/C17H21Cl2F3N2O5/c1-24(14(27)6-17(20,21)22)9-16(5-11(26)7-25,8-23-15(28)29)10-2-3-12(18)13(19)4-10/h2-4,11,23,25-26H,5-9H2,1H3,(H,28,29). The summed E-state index contributed by atoms with van der Waals surface area (Å²) in [5, 5.41) is 30.7. The first-order valence-electron chi connectivity index (χ1n) is 8.31. The summed E-state index contributed by atoms with van der Waals surface area (Å²) in [5.41, 5.74) is -1.08. The van der Waals surface area contributed by atoms with E-state index in [1.54, 1.807) is 0 Å². The van der Waals surface area contributed by atoms with Crippen molar-refractivity contribution in [2.75, 3.05) is 26.7 Å². The first-order chi connectivity index (χ1) is 13.3. The van der Waals surface area contributed by atoms with Gasteiger partial charge in [0.25, 0.3) is 0 Å². The molecular formula is C17H21Cl2F3N2O5. The number of aliphatic hydroxyl groups excluding tert-OH is 2. The Balaban J connectivity index is 3.39. The van der Waals surface area contributed by atoms with Gasteiger partial charge >= 0.3 is 12.3 Å². The molecule has 7 nitrogen and oxygen atoms in total. The maximum atomic E-state index is 12.6. The van der Waals surface area contributed by atoms with Crippen molar-refractivity contribution in [1.82, 2.24) is 10.2 Å². The number of halogens is 5. The van der Waals surface area contributed by atoms with Crippen LogP contribution in [0.2, 0.25) is 10.0 Å². The molecule has 1 rings (SSSR count). The SMILES string of the molecule is CN(CC(CNC(=O)O)(CC(O)CO)c1ccc(Cl)c(Cl)c1)C(=O)CC(F)(F)F. The van der Waals surface area contributed by atoms with Crippen molar-refractivity contribution < 1.29 is 38.1 Å². The summed E-state index contributed by atoms with van der Waals surface area (Å²) in [6.45, 7) is -1.45. The van der Waals surface area contributed by atoms with Gasteiger partial charge in [-0.1, -0.05) is 29.3 Å². The summed E-state index contributed by atoms with van der Waals surface area (Å²) in [4.78, 5) is 23.8. The lowest BCUT2D eigenvalue weighted by Gasteiger charge is -2.39. The maximum Gasteiger partial charge on any atom is 0.404 e. The Kier molecular flexibility index (Phi) is 9.01. The van der Waals surface area contributed by atoms with Gasteiger partial charge in [0, 0.05) is 25.6 Å². The number of alkyl halides is 3. The summed E-state index contributed by atoms with van der Waals surface area (Å²) < 4.78 is 37.8. The Bertz CT molecular complexity index is 736. The van der Waals surface area contributed by atoms with Crippen LogP contribution in [0.5, 0.6) is 0 Å². The first-order valence-corrected chi connectivity index (χ1v) is 9.07. The van der Waals surface area contributed by atoms with Gasteiger partial charge in [0.15, 0.2) is 0 Å². The van der Waals surface area contributed by atoms with Crippen molar-refractivity contribution in [2.24, 2.45) is 0 Å². The van der Waals surface area contributed by atoms with Gasteiger partial charge in [0.05, 0.1) is 22.8 Å². The molecule has 12 heteroatoms. The van der Waals surface area contributed by atoms with Crippen LogP contribution in [0.3, 0.4) is 0 Å². The molecule has 2 unspecified atom stereocenters. The quantitative estimate of drug-likeness (QED) is 0.452. The zero-order valence-corrected chi connectivity index (χ0v) is 16.9. The largest absolute Gasteiger partial charge is 0.465 e. The number of benzene rings is 1. The second-order valence-corrected chi connectivity index (χ2v) is 7.46. The van der Waals surface area contributed by atoms with E-state index in [-0.39, 0.29) is 23.0 Å². The predicted octanol–water partition coefficient (Wildman–Crippen LogP) is 2.65. The predicted molar refractivity (Wildman–Crippen MR) is 100 cm³/mol. The molecule has 0 spiro atoms. The van der Waals surface area contributed by atoms with Crippen molar-refractivity contribution in [3.05, 3.63) is 33.8 Å². The van der Waals surface area contributed by atoms with Crippen LogP contribution in [0.4, 0.5) is 18.0 Å². The minimum absolute atomic E-state index is 0.0895. The van der Waals surface area contributed by atoms with Gasteiger partial charge in [0.1, 0.15) is 6.42 Å². The summed E-state index contributed by atoms with van der Waals surface area (Å²) >= 11 is 11.9. The summed E-state index contributed by atoms with van der Waals surface area (Å²) in [6.07, 6.45) is -9.45. The monoisotopic (exact) mass is 460 g/mol. The molecular weight excluding hydrogens is 440 g/mol. The summed E-state index contributed by atoms with van der Waals surface area (Å²) in [7, 11) is 1.13. The van der Waals surface area contributed by atoms with Crippen molar-refractivity contribution in [3.8, 4) is 0 Å². The molecule has 2 atom stereocenters. The summed E-state index contributed by atoms with van der Waals surface area (Å²) in [5.74, 6) is -1.24. The highest BCUT2D eigenvalue weighted by molar-refractivity contribution is 6.42. The molecule has 0 heterocycles. The molecule has 0 aliphatic carbocycles. The van der Waals surface area contributed by atoms with Gasteiger partial charge in [0.2, 0.25) is 5.91 Å². The van der Waals surface area contributed by atoms with Crippen LogP contribution in [0.25, 0.3) is 0 Å². The van der Waals surface area contributed by atoms with Crippen LogP contribution in [-0.4, -0.2) is 71.2 Å². The molecule has 2 amide bonds. The maximum absolute atomic E-state index is 12.6. The highest BCUT2D eigenvalue weighted by Gasteiger charge is 2.40. The van der Waals surface area contributed by atoms with E-state index in [0.29, 0.717) is 5.56 Å². The second kappa shape index (κ2) is 10.3. The Morgan fingerprint density at radius 2 is 1.86 bits per heavy atom. The minimum atomic E-state index is -4.72. The number of hydrogen-bond donors (Lipinski definition) is 4.